The van der Waals surface area contributed by atoms with Crippen LogP contribution in [0.25, 0.3) is 0 Å². The third kappa shape index (κ3) is 9.42. The molecule has 0 fully saturated rings. The van der Waals surface area contributed by atoms with E-state index >= 15 is 0 Å². The monoisotopic (exact) mass is 238 g/mol. The maximum Gasteiger partial charge on any atom is 0.330 e. The van der Waals surface area contributed by atoms with Crippen LogP contribution in [0, 0.1) is 5.41 Å². The van der Waals surface area contributed by atoms with Crippen molar-refractivity contribution in [3.63, 3.8) is 0 Å². The molecule has 0 unspecified atom stereocenters. The maximum atomic E-state index is 11.1. The van der Waals surface area contributed by atoms with E-state index in [9.17, 15) is 4.79 Å². The summed E-state index contributed by atoms with van der Waals surface area (Å²) in [7, 11) is 0. The van der Waals surface area contributed by atoms with Crippen LogP contribution >= 0.6 is 0 Å². The Bertz CT molecular complexity index is 299. The van der Waals surface area contributed by atoms with Crippen molar-refractivity contribution in [2.24, 2.45) is 5.41 Å². The van der Waals surface area contributed by atoms with Gasteiger partial charge in [0, 0.05) is 11.5 Å². The standard InChI is InChI=1S/C14H22O3/c1-5-7-8-11-16-12-14(3,4)10-9-13(15)17-6-2/h5,7-11H,6,12H2,1-4H3/b7-5+,10-9+,11-8+. The Kier molecular flexibility index (Phi) is 7.85. The highest BCUT2D eigenvalue weighted by Gasteiger charge is 2.14. The van der Waals surface area contributed by atoms with Gasteiger partial charge in [0.25, 0.3) is 0 Å². The molecule has 0 saturated heterocycles. The fraction of sp³-hybridized carbons (Fsp3) is 0.500. The first-order valence-electron chi connectivity index (χ1n) is 5.77. The lowest BCUT2D eigenvalue weighted by Gasteiger charge is -2.18. The summed E-state index contributed by atoms with van der Waals surface area (Å²) in [6.45, 7) is 8.62. The van der Waals surface area contributed by atoms with Crippen LogP contribution in [0.1, 0.15) is 27.7 Å². The summed E-state index contributed by atoms with van der Waals surface area (Å²) in [5.41, 5.74) is -0.201. The molecule has 96 valence electrons. The molecule has 17 heavy (non-hydrogen) atoms. The van der Waals surface area contributed by atoms with Crippen molar-refractivity contribution in [2.45, 2.75) is 27.7 Å². The molecular weight excluding hydrogens is 216 g/mol. The molecule has 3 heteroatoms. The summed E-state index contributed by atoms with van der Waals surface area (Å²) in [4.78, 5) is 11.1. The Morgan fingerprint density at radius 3 is 2.59 bits per heavy atom. The largest absolute Gasteiger partial charge is 0.500 e. The van der Waals surface area contributed by atoms with Gasteiger partial charge in [0.2, 0.25) is 0 Å². The first-order chi connectivity index (χ1) is 8.02. The Balaban J connectivity index is 4.06. The van der Waals surface area contributed by atoms with E-state index in [1.165, 1.54) is 6.08 Å². The van der Waals surface area contributed by atoms with Crippen LogP contribution in [0.2, 0.25) is 0 Å². The highest BCUT2D eigenvalue weighted by Crippen LogP contribution is 2.17. The Hall–Kier alpha value is -1.51. The molecular formula is C14H22O3. The fourth-order valence-corrected chi connectivity index (χ4v) is 1.01. The Labute approximate surface area is 104 Å². The lowest BCUT2D eigenvalue weighted by atomic mass is 9.94. The highest BCUT2D eigenvalue weighted by molar-refractivity contribution is 5.81. The number of hydrogen-bond acceptors (Lipinski definition) is 3. The predicted octanol–water partition coefficient (Wildman–Crippen LogP) is 3.24. The van der Waals surface area contributed by atoms with Crippen molar-refractivity contribution in [3.8, 4) is 0 Å². The van der Waals surface area contributed by atoms with E-state index in [2.05, 4.69) is 0 Å². The third-order valence-electron chi connectivity index (χ3n) is 1.89. The highest BCUT2D eigenvalue weighted by atomic mass is 16.5. The second kappa shape index (κ2) is 8.62. The van der Waals surface area contributed by atoms with Gasteiger partial charge in [-0.05, 0) is 19.9 Å². The van der Waals surface area contributed by atoms with Gasteiger partial charge in [0.05, 0.1) is 19.5 Å². The zero-order valence-corrected chi connectivity index (χ0v) is 11.1. The van der Waals surface area contributed by atoms with Gasteiger partial charge in [-0.15, -0.1) is 0 Å². The third-order valence-corrected chi connectivity index (χ3v) is 1.89. The zero-order chi connectivity index (χ0) is 13.1. The molecule has 0 heterocycles. The van der Waals surface area contributed by atoms with Gasteiger partial charge in [0.15, 0.2) is 0 Å². The second-order valence-electron chi connectivity index (χ2n) is 4.24. The summed E-state index contributed by atoms with van der Waals surface area (Å²) in [5, 5.41) is 0. The smallest absolute Gasteiger partial charge is 0.330 e. The predicted molar refractivity (Wildman–Crippen MR) is 69.5 cm³/mol. The van der Waals surface area contributed by atoms with Crippen molar-refractivity contribution in [1.82, 2.24) is 0 Å². The lowest BCUT2D eigenvalue weighted by Crippen LogP contribution is -2.15. The van der Waals surface area contributed by atoms with Crippen molar-refractivity contribution < 1.29 is 14.3 Å². The number of carbonyl (C=O) groups is 1. The van der Waals surface area contributed by atoms with Gasteiger partial charge >= 0.3 is 5.97 Å². The second-order valence-corrected chi connectivity index (χ2v) is 4.24. The molecule has 0 aliphatic rings. The minimum atomic E-state index is -0.315. The van der Waals surface area contributed by atoms with E-state index in [0.29, 0.717) is 13.2 Å². The number of ether oxygens (including phenoxy) is 2. The van der Waals surface area contributed by atoms with Gasteiger partial charge in [-0.2, -0.15) is 0 Å². The van der Waals surface area contributed by atoms with E-state index in [0.717, 1.165) is 0 Å². The van der Waals surface area contributed by atoms with Crippen LogP contribution in [-0.2, 0) is 14.3 Å². The minimum Gasteiger partial charge on any atom is -0.500 e. The number of hydrogen-bond donors (Lipinski definition) is 0. The lowest BCUT2D eigenvalue weighted by molar-refractivity contribution is -0.137. The topological polar surface area (TPSA) is 35.5 Å². The van der Waals surface area contributed by atoms with E-state index < -0.39 is 0 Å². The average molecular weight is 238 g/mol. The van der Waals surface area contributed by atoms with Crippen molar-refractivity contribution in [1.29, 1.82) is 0 Å². The summed E-state index contributed by atoms with van der Waals surface area (Å²) in [6, 6.07) is 0. The van der Waals surface area contributed by atoms with Gasteiger partial charge in [-0.25, -0.2) is 4.79 Å². The summed E-state index contributed by atoms with van der Waals surface area (Å²) in [6.07, 6.45) is 10.5. The van der Waals surface area contributed by atoms with Gasteiger partial charge in [-0.1, -0.05) is 32.1 Å². The van der Waals surface area contributed by atoms with Crippen molar-refractivity contribution >= 4 is 5.97 Å². The van der Waals surface area contributed by atoms with E-state index in [1.54, 1.807) is 19.3 Å². The van der Waals surface area contributed by atoms with E-state index in [4.69, 9.17) is 9.47 Å². The molecule has 0 aromatic carbocycles. The normalized spacial score (nSPS) is 12.7. The SMILES string of the molecule is C/C=C/C=C/OCC(C)(C)/C=C/C(=O)OCC. The Morgan fingerprint density at radius 2 is 2.00 bits per heavy atom. The van der Waals surface area contributed by atoms with Crippen molar-refractivity contribution in [2.75, 3.05) is 13.2 Å². The number of rotatable bonds is 7. The first kappa shape index (κ1) is 15.5. The van der Waals surface area contributed by atoms with Crippen molar-refractivity contribution in [3.05, 3.63) is 36.6 Å². The molecule has 0 saturated carbocycles. The molecule has 0 radical (unpaired) electrons. The van der Waals surface area contributed by atoms with Crippen LogP contribution in [0.4, 0.5) is 0 Å². The molecule has 3 nitrogen and oxygen atoms in total. The van der Waals surface area contributed by atoms with Crippen LogP contribution in [-0.4, -0.2) is 19.2 Å². The fourth-order valence-electron chi connectivity index (χ4n) is 1.01. The van der Waals surface area contributed by atoms with E-state index in [1.807, 2.05) is 39.0 Å². The molecule has 0 amide bonds. The van der Waals surface area contributed by atoms with E-state index in [-0.39, 0.29) is 11.4 Å². The van der Waals surface area contributed by atoms with Crippen LogP contribution in [0.5, 0.6) is 0 Å². The molecule has 0 rings (SSSR count). The first-order valence-corrected chi connectivity index (χ1v) is 5.77. The summed E-state index contributed by atoms with van der Waals surface area (Å²) >= 11 is 0. The van der Waals surface area contributed by atoms with Gasteiger partial charge in [0.1, 0.15) is 0 Å². The Morgan fingerprint density at radius 1 is 1.29 bits per heavy atom. The molecule has 0 aromatic heterocycles. The number of esters is 1. The average Bonchev–Trinajstić information content (AvgIpc) is 2.27. The minimum absolute atomic E-state index is 0.201. The summed E-state index contributed by atoms with van der Waals surface area (Å²) in [5.74, 6) is -0.315. The summed E-state index contributed by atoms with van der Waals surface area (Å²) < 4.78 is 10.2. The molecule has 0 aliphatic heterocycles. The molecule has 0 N–H and O–H groups in total. The molecule has 0 spiro atoms. The molecule has 0 bridgehead atoms. The van der Waals surface area contributed by atoms with Crippen LogP contribution < -0.4 is 0 Å². The molecule has 0 atom stereocenters. The van der Waals surface area contributed by atoms with Crippen LogP contribution in [0.3, 0.4) is 0 Å². The van der Waals surface area contributed by atoms with Crippen LogP contribution in [0.15, 0.2) is 36.6 Å². The number of allylic oxidation sites excluding steroid dienone is 3. The maximum absolute atomic E-state index is 11.1. The number of carbonyl (C=O) groups excluding carboxylic acids is 1. The molecule has 0 aliphatic carbocycles. The quantitative estimate of drug-likeness (QED) is 0.295. The molecule has 0 aromatic rings. The van der Waals surface area contributed by atoms with Gasteiger partial charge in [-0.3, -0.25) is 0 Å². The zero-order valence-electron chi connectivity index (χ0n) is 11.1. The van der Waals surface area contributed by atoms with Gasteiger partial charge < -0.3 is 9.47 Å².